The van der Waals surface area contributed by atoms with Gasteiger partial charge in [-0.3, -0.25) is 4.79 Å². The molecule has 1 aromatic rings. The maximum Gasteiger partial charge on any atom is 0.240 e. The van der Waals surface area contributed by atoms with E-state index in [9.17, 15) is 13.2 Å². The van der Waals surface area contributed by atoms with Gasteiger partial charge in [0.1, 0.15) is 0 Å². The van der Waals surface area contributed by atoms with Crippen LogP contribution >= 0.6 is 0 Å². The number of sulfonamides is 1. The Morgan fingerprint density at radius 1 is 0.966 bits per heavy atom. The first-order valence-electron chi connectivity index (χ1n) is 11.2. The fraction of sp³-hybridized carbons (Fsp3) is 0.696. The summed E-state index contributed by atoms with van der Waals surface area (Å²) >= 11 is 0. The Bertz CT molecular complexity index is 850. The lowest BCUT2D eigenvalue weighted by Gasteiger charge is -2.57. The Labute approximate surface area is 174 Å². The zero-order chi connectivity index (χ0) is 20.2. The number of likely N-dealkylation sites (tertiary alicyclic amines) is 1. The van der Waals surface area contributed by atoms with Crippen molar-refractivity contribution >= 4 is 15.9 Å². The molecule has 5 aliphatic rings. The van der Waals surface area contributed by atoms with E-state index >= 15 is 0 Å². The van der Waals surface area contributed by atoms with Crippen molar-refractivity contribution in [1.82, 2.24) is 9.62 Å². The SMILES string of the molecule is Cc1ccc(S(=O)(=O)NC2CCN(C(=O)C34CC5CC(CC(C5)C3)C4)CC2)cc1. The smallest absolute Gasteiger partial charge is 0.240 e. The van der Waals surface area contributed by atoms with Crippen LogP contribution in [0.5, 0.6) is 0 Å². The summed E-state index contributed by atoms with van der Waals surface area (Å²) in [6, 6.07) is 6.86. The first kappa shape index (κ1) is 19.6. The van der Waals surface area contributed by atoms with Crippen molar-refractivity contribution < 1.29 is 13.2 Å². The highest BCUT2D eigenvalue weighted by Gasteiger charge is 2.55. The van der Waals surface area contributed by atoms with Crippen molar-refractivity contribution in [3.63, 3.8) is 0 Å². The zero-order valence-corrected chi connectivity index (χ0v) is 18.1. The second kappa shape index (κ2) is 7.09. The van der Waals surface area contributed by atoms with E-state index in [1.54, 1.807) is 12.1 Å². The lowest BCUT2D eigenvalue weighted by molar-refractivity contribution is -0.158. The third kappa shape index (κ3) is 3.63. The molecule has 5 nitrogen and oxygen atoms in total. The number of rotatable bonds is 4. The molecular weight excluding hydrogens is 384 g/mol. The molecule has 0 atom stereocenters. The fourth-order valence-corrected chi connectivity index (χ4v) is 8.22. The number of aryl methyl sites for hydroxylation is 1. The van der Waals surface area contributed by atoms with Crippen molar-refractivity contribution in [2.75, 3.05) is 13.1 Å². The van der Waals surface area contributed by atoms with Gasteiger partial charge in [0.25, 0.3) is 0 Å². The highest BCUT2D eigenvalue weighted by atomic mass is 32.2. The van der Waals surface area contributed by atoms with E-state index in [1.807, 2.05) is 24.0 Å². The Kier molecular flexibility index (Phi) is 4.78. The summed E-state index contributed by atoms with van der Waals surface area (Å²) in [5, 5.41) is 0. The topological polar surface area (TPSA) is 66.5 Å². The van der Waals surface area contributed by atoms with E-state index in [1.165, 1.54) is 19.3 Å². The summed E-state index contributed by atoms with van der Waals surface area (Å²) in [5.74, 6) is 2.67. The number of nitrogens with zero attached hydrogens (tertiary/aromatic N) is 1. The first-order valence-corrected chi connectivity index (χ1v) is 12.7. The van der Waals surface area contributed by atoms with Gasteiger partial charge in [-0.15, -0.1) is 0 Å². The van der Waals surface area contributed by atoms with Crippen LogP contribution in [0, 0.1) is 30.1 Å². The highest BCUT2D eigenvalue weighted by Crippen LogP contribution is 2.60. The van der Waals surface area contributed by atoms with Crippen LogP contribution in [0.25, 0.3) is 0 Å². The number of piperidine rings is 1. The number of nitrogens with one attached hydrogen (secondary N) is 1. The summed E-state index contributed by atoms with van der Waals surface area (Å²) in [4.78, 5) is 15.8. The second-order valence-electron chi connectivity index (χ2n) is 10.2. The molecule has 0 unspecified atom stereocenters. The van der Waals surface area contributed by atoms with Gasteiger partial charge >= 0.3 is 0 Å². The number of hydrogen-bond donors (Lipinski definition) is 1. The molecule has 1 amide bonds. The molecule has 158 valence electrons. The summed E-state index contributed by atoms with van der Waals surface area (Å²) in [5.41, 5.74) is 0.948. The Balaban J connectivity index is 1.21. The molecular formula is C23H32N2O3S. The normalized spacial score (nSPS) is 34.5. The van der Waals surface area contributed by atoms with Gasteiger partial charge in [0.15, 0.2) is 0 Å². The standard InChI is InChI=1S/C23H32N2O3S/c1-16-2-4-21(5-3-16)29(27,28)24-20-6-8-25(9-7-20)22(26)23-13-17-10-18(14-23)12-19(11-17)15-23/h2-5,17-20,24H,6-15H2,1H3. The molecule has 0 spiro atoms. The molecule has 0 aromatic heterocycles. The number of hydrogen-bond acceptors (Lipinski definition) is 3. The van der Waals surface area contributed by atoms with E-state index in [0.29, 0.717) is 36.7 Å². The molecule has 4 aliphatic carbocycles. The van der Waals surface area contributed by atoms with Crippen molar-refractivity contribution in [3.05, 3.63) is 29.8 Å². The van der Waals surface area contributed by atoms with E-state index < -0.39 is 10.0 Å². The van der Waals surface area contributed by atoms with Crippen LogP contribution in [-0.2, 0) is 14.8 Å². The van der Waals surface area contributed by atoms with E-state index in [4.69, 9.17) is 0 Å². The summed E-state index contributed by atoms with van der Waals surface area (Å²) in [6.07, 6.45) is 8.71. The third-order valence-electron chi connectivity index (χ3n) is 7.93. The predicted octanol–water partition coefficient (Wildman–Crippen LogP) is 3.48. The number of carbonyl (C=O) groups excluding carboxylic acids is 1. The van der Waals surface area contributed by atoms with Crippen LogP contribution in [0.2, 0.25) is 0 Å². The molecule has 1 heterocycles. The minimum Gasteiger partial charge on any atom is -0.342 e. The number of amides is 1. The minimum absolute atomic E-state index is 0.0943. The summed E-state index contributed by atoms with van der Waals surface area (Å²) in [6.45, 7) is 3.28. The summed E-state index contributed by atoms with van der Waals surface area (Å²) < 4.78 is 28.2. The molecule has 4 bridgehead atoms. The van der Waals surface area contributed by atoms with E-state index in [2.05, 4.69) is 4.72 Å². The highest BCUT2D eigenvalue weighted by molar-refractivity contribution is 7.89. The third-order valence-corrected chi connectivity index (χ3v) is 9.46. The lowest BCUT2D eigenvalue weighted by atomic mass is 9.49. The molecule has 6 heteroatoms. The molecule has 0 radical (unpaired) electrons. The van der Waals surface area contributed by atoms with Crippen molar-refractivity contribution in [1.29, 1.82) is 0 Å². The van der Waals surface area contributed by atoms with Crippen molar-refractivity contribution in [2.24, 2.45) is 23.2 Å². The van der Waals surface area contributed by atoms with Crippen molar-refractivity contribution in [2.45, 2.75) is 69.2 Å². The Morgan fingerprint density at radius 3 is 2.00 bits per heavy atom. The zero-order valence-electron chi connectivity index (χ0n) is 17.3. The van der Waals surface area contributed by atoms with Crippen LogP contribution in [0.1, 0.15) is 56.9 Å². The van der Waals surface area contributed by atoms with Crippen LogP contribution in [0.4, 0.5) is 0 Å². The molecule has 1 saturated heterocycles. The average Bonchev–Trinajstić information content (AvgIpc) is 2.67. The second-order valence-corrected chi connectivity index (χ2v) is 11.9. The minimum atomic E-state index is -3.50. The van der Waals surface area contributed by atoms with Gasteiger partial charge < -0.3 is 4.90 Å². The first-order chi connectivity index (χ1) is 13.8. The maximum atomic E-state index is 13.5. The van der Waals surface area contributed by atoms with Crippen LogP contribution < -0.4 is 4.72 Å². The molecule has 1 N–H and O–H groups in total. The van der Waals surface area contributed by atoms with Crippen LogP contribution in [0.15, 0.2) is 29.2 Å². The van der Waals surface area contributed by atoms with Gasteiger partial charge in [0.05, 0.1) is 10.3 Å². The molecule has 5 fully saturated rings. The van der Waals surface area contributed by atoms with Gasteiger partial charge in [-0.1, -0.05) is 17.7 Å². The molecule has 1 aromatic carbocycles. The van der Waals surface area contributed by atoms with Gasteiger partial charge in [-0.2, -0.15) is 0 Å². The average molecular weight is 417 g/mol. The van der Waals surface area contributed by atoms with Crippen LogP contribution in [0.3, 0.4) is 0 Å². The van der Waals surface area contributed by atoms with Gasteiger partial charge in [0.2, 0.25) is 15.9 Å². The lowest BCUT2D eigenvalue weighted by Crippen LogP contribution is -2.56. The quantitative estimate of drug-likeness (QED) is 0.817. The predicted molar refractivity (Wildman–Crippen MR) is 112 cm³/mol. The van der Waals surface area contributed by atoms with Gasteiger partial charge in [0, 0.05) is 19.1 Å². The monoisotopic (exact) mass is 416 g/mol. The van der Waals surface area contributed by atoms with Gasteiger partial charge in [-0.05, 0) is 88.2 Å². The summed E-state index contributed by atoms with van der Waals surface area (Å²) in [7, 11) is -3.50. The Hall–Kier alpha value is -1.40. The van der Waals surface area contributed by atoms with Crippen LogP contribution in [-0.4, -0.2) is 38.4 Å². The van der Waals surface area contributed by atoms with Crippen molar-refractivity contribution in [3.8, 4) is 0 Å². The number of carbonyl (C=O) groups is 1. The maximum absolute atomic E-state index is 13.5. The van der Waals surface area contributed by atoms with E-state index in [0.717, 1.165) is 42.6 Å². The van der Waals surface area contributed by atoms with E-state index in [-0.39, 0.29) is 11.5 Å². The number of benzene rings is 1. The molecule has 4 saturated carbocycles. The molecule has 1 aliphatic heterocycles. The van der Waals surface area contributed by atoms with Gasteiger partial charge in [-0.25, -0.2) is 13.1 Å². The molecule has 29 heavy (non-hydrogen) atoms. The Morgan fingerprint density at radius 2 is 1.48 bits per heavy atom. The fourth-order valence-electron chi connectivity index (χ4n) is 6.91. The molecule has 6 rings (SSSR count). The largest absolute Gasteiger partial charge is 0.342 e.